The smallest absolute Gasteiger partial charge is 0.104 e. The van der Waals surface area contributed by atoms with E-state index in [2.05, 4.69) is 21.1 Å². The number of quaternary nitrogens is 1. The maximum Gasteiger partial charge on any atom is 0.104 e. The Morgan fingerprint density at radius 1 is 1.15 bits per heavy atom. The standard InChI is InChI=1S/C6H16NO.ClHO4/c1-6(8)5-7(2,3)4;2-1(3,4)5/h6,8H,5H2,1-4H3;(H,2,3,4,5)/q+1;/p-1. The molecule has 82 valence electrons. The first-order valence-corrected chi connectivity index (χ1v) is 4.75. The highest BCUT2D eigenvalue weighted by molar-refractivity contribution is 4.39. The molecule has 0 bridgehead atoms. The summed E-state index contributed by atoms with van der Waals surface area (Å²) in [6, 6.07) is 0. The Balaban J connectivity index is 0. The van der Waals surface area contributed by atoms with E-state index in [9.17, 15) is 0 Å². The van der Waals surface area contributed by atoms with Gasteiger partial charge in [-0.3, -0.25) is 0 Å². The van der Waals surface area contributed by atoms with Crippen molar-refractivity contribution in [1.82, 2.24) is 0 Å². The van der Waals surface area contributed by atoms with Crippen LogP contribution in [0.15, 0.2) is 0 Å². The summed E-state index contributed by atoms with van der Waals surface area (Å²) in [6.45, 7) is 2.63. The van der Waals surface area contributed by atoms with Gasteiger partial charge < -0.3 is 9.59 Å². The van der Waals surface area contributed by atoms with E-state index in [4.69, 9.17) is 23.7 Å². The Labute approximate surface area is 80.0 Å². The lowest BCUT2D eigenvalue weighted by atomic mass is 10.3. The van der Waals surface area contributed by atoms with Crippen LogP contribution >= 0.6 is 0 Å². The lowest BCUT2D eigenvalue weighted by Gasteiger charge is -2.24. The molecule has 0 rings (SSSR count). The summed E-state index contributed by atoms with van der Waals surface area (Å²) in [5.74, 6) is 0. The van der Waals surface area contributed by atoms with Gasteiger partial charge in [0, 0.05) is 0 Å². The summed E-state index contributed by atoms with van der Waals surface area (Å²) >= 11 is 0. The minimum Gasteiger partial charge on any atom is -0.388 e. The van der Waals surface area contributed by atoms with E-state index in [0.29, 0.717) is 0 Å². The Bertz CT molecular complexity index is 122. The van der Waals surface area contributed by atoms with Gasteiger partial charge >= 0.3 is 0 Å². The number of likely N-dealkylation sites (N-methyl/N-ethyl adjacent to an activating group) is 1. The van der Waals surface area contributed by atoms with Gasteiger partial charge in [0.1, 0.15) is 12.6 Å². The van der Waals surface area contributed by atoms with Crippen molar-refractivity contribution in [2.75, 3.05) is 27.7 Å². The Kier molecular flexibility index (Phi) is 6.82. The van der Waals surface area contributed by atoms with Gasteiger partial charge in [0.2, 0.25) is 0 Å². The second-order valence-electron chi connectivity index (χ2n) is 3.70. The van der Waals surface area contributed by atoms with Gasteiger partial charge in [-0.2, -0.15) is 0 Å². The molecule has 0 radical (unpaired) electrons. The molecule has 13 heavy (non-hydrogen) atoms. The van der Waals surface area contributed by atoms with Gasteiger partial charge in [-0.25, -0.2) is 18.6 Å². The van der Waals surface area contributed by atoms with Crippen LogP contribution in [0.3, 0.4) is 0 Å². The third-order valence-electron chi connectivity index (χ3n) is 0.812. The zero-order valence-electron chi connectivity index (χ0n) is 8.19. The Hall–Kier alpha value is 0.0500. The fourth-order valence-corrected chi connectivity index (χ4v) is 0.793. The molecule has 1 N–H and O–H groups in total. The van der Waals surface area contributed by atoms with Crippen molar-refractivity contribution in [3.63, 3.8) is 0 Å². The fraction of sp³-hybridized carbons (Fsp3) is 1.00. The minimum absolute atomic E-state index is 0.185. The Morgan fingerprint density at radius 2 is 1.38 bits per heavy atom. The van der Waals surface area contributed by atoms with Gasteiger partial charge in [-0.15, -0.1) is 10.2 Å². The number of hydrogen-bond donors (Lipinski definition) is 1. The molecule has 1 unspecified atom stereocenters. The van der Waals surface area contributed by atoms with E-state index in [0.717, 1.165) is 11.0 Å². The van der Waals surface area contributed by atoms with Crippen molar-refractivity contribution < 1.29 is 38.5 Å². The summed E-state index contributed by atoms with van der Waals surface area (Å²) in [7, 11) is 1.24. The maximum absolute atomic E-state index is 8.87. The summed E-state index contributed by atoms with van der Waals surface area (Å²) in [5, 5.41) is 8.87. The quantitative estimate of drug-likeness (QED) is 0.467. The van der Waals surface area contributed by atoms with E-state index in [-0.39, 0.29) is 6.10 Å². The number of aliphatic hydroxyl groups is 1. The highest BCUT2D eigenvalue weighted by Gasteiger charge is 2.09. The van der Waals surface area contributed by atoms with Crippen molar-refractivity contribution >= 4 is 0 Å². The van der Waals surface area contributed by atoms with Crippen molar-refractivity contribution in [1.29, 1.82) is 0 Å². The molecule has 0 aromatic rings. The van der Waals surface area contributed by atoms with Crippen LogP contribution in [0.25, 0.3) is 0 Å². The van der Waals surface area contributed by atoms with E-state index < -0.39 is 10.2 Å². The molecule has 0 saturated carbocycles. The van der Waals surface area contributed by atoms with Gasteiger partial charge in [0.15, 0.2) is 0 Å². The SMILES string of the molecule is CC(O)C[N+](C)(C)C.[O-][Cl+3]([O-])([O-])[O-]. The molecule has 0 amide bonds. The lowest BCUT2D eigenvalue weighted by molar-refractivity contribution is -2.00. The van der Waals surface area contributed by atoms with Gasteiger partial charge in [-0.05, 0) is 6.92 Å². The predicted molar refractivity (Wildman–Crippen MR) is 34.6 cm³/mol. The first kappa shape index (κ1) is 15.5. The molecule has 0 heterocycles. The molecular weight excluding hydrogens is 202 g/mol. The summed E-state index contributed by atoms with van der Waals surface area (Å²) in [6.07, 6.45) is -0.185. The highest BCUT2D eigenvalue weighted by atomic mass is 35.7. The molecule has 0 aliphatic heterocycles. The van der Waals surface area contributed by atoms with Crippen LogP contribution in [0, 0.1) is 10.2 Å². The first-order chi connectivity index (χ1) is 5.42. The van der Waals surface area contributed by atoms with Crippen LogP contribution in [0.1, 0.15) is 6.92 Å². The summed E-state index contributed by atoms with van der Waals surface area (Å²) in [5.41, 5.74) is 0. The normalized spacial score (nSPS) is 14.5. The summed E-state index contributed by atoms with van der Waals surface area (Å²) in [4.78, 5) is 0. The molecule has 0 aromatic carbocycles. The molecular formula is C6H16ClNO5. The van der Waals surface area contributed by atoms with Crippen molar-refractivity contribution in [2.24, 2.45) is 0 Å². The lowest BCUT2D eigenvalue weighted by Crippen LogP contribution is -2.68. The molecule has 1 atom stereocenters. The highest BCUT2D eigenvalue weighted by Crippen LogP contribution is 1.92. The van der Waals surface area contributed by atoms with Gasteiger partial charge in [-0.1, -0.05) is 0 Å². The van der Waals surface area contributed by atoms with Crippen molar-refractivity contribution in [3.05, 3.63) is 0 Å². The average molecular weight is 218 g/mol. The molecule has 0 fully saturated rings. The van der Waals surface area contributed by atoms with Gasteiger partial charge in [0.25, 0.3) is 0 Å². The zero-order valence-corrected chi connectivity index (χ0v) is 8.95. The number of aliphatic hydroxyl groups excluding tert-OH is 1. The summed E-state index contributed by atoms with van der Waals surface area (Å²) < 4.78 is 34.8. The molecule has 0 spiro atoms. The monoisotopic (exact) mass is 217 g/mol. The largest absolute Gasteiger partial charge is 0.388 e. The van der Waals surface area contributed by atoms with Crippen LogP contribution < -0.4 is 18.6 Å². The second kappa shape index (κ2) is 5.71. The minimum atomic E-state index is -4.94. The van der Waals surface area contributed by atoms with Gasteiger partial charge in [0.05, 0.1) is 21.1 Å². The third-order valence-corrected chi connectivity index (χ3v) is 0.812. The third kappa shape index (κ3) is 47.7. The van der Waals surface area contributed by atoms with E-state index in [1.165, 1.54) is 0 Å². The zero-order chi connectivity index (χ0) is 11.3. The average Bonchev–Trinajstić information content (AvgIpc) is 1.47. The number of halogens is 1. The molecule has 0 aliphatic carbocycles. The predicted octanol–water partition coefficient (Wildman–Crippen LogP) is -4.68. The van der Waals surface area contributed by atoms with E-state index in [1.807, 2.05) is 6.92 Å². The molecule has 0 aliphatic rings. The molecule has 6 nitrogen and oxygen atoms in total. The van der Waals surface area contributed by atoms with Crippen molar-refractivity contribution in [2.45, 2.75) is 13.0 Å². The van der Waals surface area contributed by atoms with E-state index in [1.54, 1.807) is 0 Å². The Morgan fingerprint density at radius 3 is 1.38 bits per heavy atom. The molecule has 0 aromatic heterocycles. The number of rotatable bonds is 2. The van der Waals surface area contributed by atoms with Crippen LogP contribution in [0.2, 0.25) is 0 Å². The van der Waals surface area contributed by atoms with Crippen LogP contribution in [-0.2, 0) is 0 Å². The molecule has 0 saturated heterocycles. The number of hydrogen-bond acceptors (Lipinski definition) is 5. The van der Waals surface area contributed by atoms with Crippen molar-refractivity contribution in [3.8, 4) is 0 Å². The first-order valence-electron chi connectivity index (χ1n) is 3.52. The maximum atomic E-state index is 8.87. The topological polar surface area (TPSA) is 112 Å². The number of nitrogens with zero attached hydrogens (tertiary/aromatic N) is 1. The van der Waals surface area contributed by atoms with E-state index >= 15 is 0 Å². The molecule has 7 heteroatoms. The van der Waals surface area contributed by atoms with Crippen LogP contribution in [0.4, 0.5) is 0 Å². The fourth-order valence-electron chi connectivity index (χ4n) is 0.793. The van der Waals surface area contributed by atoms with Crippen LogP contribution in [-0.4, -0.2) is 43.4 Å². The second-order valence-corrected chi connectivity index (χ2v) is 4.46. The van der Waals surface area contributed by atoms with Crippen LogP contribution in [0.5, 0.6) is 0 Å².